The van der Waals surface area contributed by atoms with Crippen LogP contribution in [0, 0.1) is 10.1 Å². The molecule has 1 unspecified atom stereocenters. The van der Waals surface area contributed by atoms with Crippen LogP contribution in [0.5, 0.6) is 5.75 Å². The zero-order valence-corrected chi connectivity index (χ0v) is 19.1. The number of hydrogen-bond acceptors (Lipinski definition) is 4. The third kappa shape index (κ3) is 2.73. The molecule has 5 heteroatoms. The second-order valence-corrected chi connectivity index (χ2v) is 9.47. The Kier molecular flexibility index (Phi) is 4.33. The van der Waals surface area contributed by atoms with Crippen LogP contribution >= 0.6 is 0 Å². The van der Waals surface area contributed by atoms with Crippen LogP contribution in [0.4, 0.5) is 11.4 Å². The van der Waals surface area contributed by atoms with Gasteiger partial charge in [-0.3, -0.25) is 10.1 Å². The molecule has 5 nitrogen and oxygen atoms in total. The Morgan fingerprint density at radius 2 is 1.53 bits per heavy atom. The molecule has 168 valence electrons. The number of ether oxygens (including phenoxy) is 1. The summed E-state index contributed by atoms with van der Waals surface area (Å²) in [4.78, 5) is 13.0. The van der Waals surface area contributed by atoms with Gasteiger partial charge in [0.2, 0.25) is 5.72 Å². The van der Waals surface area contributed by atoms with E-state index in [1.54, 1.807) is 24.3 Å². The quantitative estimate of drug-likeness (QED) is 0.255. The molecule has 0 spiro atoms. The summed E-state index contributed by atoms with van der Waals surface area (Å²) in [6.07, 6.45) is 0. The molecule has 4 aromatic carbocycles. The van der Waals surface area contributed by atoms with Gasteiger partial charge in [0, 0.05) is 28.9 Å². The third-order valence-electron chi connectivity index (χ3n) is 7.32. The van der Waals surface area contributed by atoms with E-state index in [0.717, 1.165) is 28.0 Å². The van der Waals surface area contributed by atoms with Crippen LogP contribution < -0.4 is 9.64 Å². The first-order valence-electron chi connectivity index (χ1n) is 11.4. The SMILES string of the molecule is CC1(C)c2ccccc2N2Cc3cc(-c4ccc([N+](=O)[O-])cc4)ccc3OC21c1ccccc1. The number of rotatable bonds is 3. The number of benzene rings is 4. The highest BCUT2D eigenvalue weighted by atomic mass is 16.6. The van der Waals surface area contributed by atoms with Crippen LogP contribution in [-0.4, -0.2) is 4.92 Å². The molecule has 0 saturated carbocycles. The smallest absolute Gasteiger partial charge is 0.269 e. The molecule has 0 radical (unpaired) electrons. The number of nitrogens with zero attached hydrogens (tertiary/aromatic N) is 2. The van der Waals surface area contributed by atoms with E-state index in [9.17, 15) is 10.1 Å². The lowest BCUT2D eigenvalue weighted by Gasteiger charge is -2.50. The van der Waals surface area contributed by atoms with Crippen LogP contribution in [0.2, 0.25) is 0 Å². The fourth-order valence-electron chi connectivity index (χ4n) is 5.63. The Hall–Kier alpha value is -4.12. The largest absolute Gasteiger partial charge is 0.462 e. The Balaban J connectivity index is 1.49. The number of hydrogen-bond donors (Lipinski definition) is 0. The van der Waals surface area contributed by atoms with Gasteiger partial charge in [-0.15, -0.1) is 0 Å². The predicted octanol–water partition coefficient (Wildman–Crippen LogP) is 6.81. The van der Waals surface area contributed by atoms with Crippen LogP contribution in [0.1, 0.15) is 30.5 Å². The summed E-state index contributed by atoms with van der Waals surface area (Å²) in [5.74, 6) is 0.867. The summed E-state index contributed by atoms with van der Waals surface area (Å²) in [5.41, 5.74) is 5.75. The van der Waals surface area contributed by atoms with Crippen molar-refractivity contribution in [2.75, 3.05) is 4.90 Å². The highest BCUT2D eigenvalue weighted by Crippen LogP contribution is 2.60. The first-order chi connectivity index (χ1) is 16.4. The molecular weight excluding hydrogens is 424 g/mol. The van der Waals surface area contributed by atoms with E-state index in [-0.39, 0.29) is 16.0 Å². The maximum absolute atomic E-state index is 11.0. The van der Waals surface area contributed by atoms with Crippen LogP contribution in [-0.2, 0) is 17.7 Å². The molecule has 0 aromatic heterocycles. The van der Waals surface area contributed by atoms with Gasteiger partial charge in [-0.05, 0) is 60.9 Å². The Morgan fingerprint density at radius 3 is 2.26 bits per heavy atom. The van der Waals surface area contributed by atoms with Crippen molar-refractivity contribution in [3.05, 3.63) is 124 Å². The maximum atomic E-state index is 11.0. The van der Waals surface area contributed by atoms with Crippen molar-refractivity contribution in [2.45, 2.75) is 31.5 Å². The fraction of sp³-hybridized carbons (Fsp3) is 0.172. The molecule has 0 fully saturated rings. The topological polar surface area (TPSA) is 55.6 Å². The molecule has 0 amide bonds. The summed E-state index contributed by atoms with van der Waals surface area (Å²) in [6.45, 7) is 5.22. The molecule has 2 aliphatic rings. The lowest BCUT2D eigenvalue weighted by Crippen LogP contribution is -2.58. The molecular formula is C29H24N2O3. The van der Waals surface area contributed by atoms with Crippen molar-refractivity contribution in [3.63, 3.8) is 0 Å². The normalized spacial score (nSPS) is 19.5. The number of nitro groups is 1. The monoisotopic (exact) mass is 448 g/mol. The summed E-state index contributed by atoms with van der Waals surface area (Å²) >= 11 is 0. The molecule has 2 aliphatic heterocycles. The van der Waals surface area contributed by atoms with Gasteiger partial charge in [-0.25, -0.2) is 0 Å². The summed E-state index contributed by atoms with van der Waals surface area (Å²) in [7, 11) is 0. The summed E-state index contributed by atoms with van der Waals surface area (Å²) < 4.78 is 7.01. The Labute approximate surface area is 198 Å². The first-order valence-corrected chi connectivity index (χ1v) is 11.4. The minimum Gasteiger partial charge on any atom is -0.462 e. The first kappa shape index (κ1) is 20.5. The second kappa shape index (κ2) is 7.19. The van der Waals surface area contributed by atoms with Crippen molar-refractivity contribution >= 4 is 11.4 Å². The summed E-state index contributed by atoms with van der Waals surface area (Å²) in [5, 5.41) is 11.0. The molecule has 0 bridgehead atoms. The van der Waals surface area contributed by atoms with Gasteiger partial charge >= 0.3 is 0 Å². The predicted molar refractivity (Wildman–Crippen MR) is 133 cm³/mol. The molecule has 6 rings (SSSR count). The highest BCUT2D eigenvalue weighted by molar-refractivity contribution is 5.72. The van der Waals surface area contributed by atoms with Gasteiger partial charge in [0.1, 0.15) is 5.75 Å². The van der Waals surface area contributed by atoms with Crippen LogP contribution in [0.25, 0.3) is 11.1 Å². The van der Waals surface area contributed by atoms with Crippen molar-refractivity contribution in [2.24, 2.45) is 0 Å². The third-order valence-corrected chi connectivity index (χ3v) is 7.32. The number of para-hydroxylation sites is 1. The van der Waals surface area contributed by atoms with Gasteiger partial charge in [0.05, 0.1) is 16.9 Å². The van der Waals surface area contributed by atoms with Crippen molar-refractivity contribution in [1.82, 2.24) is 0 Å². The molecule has 34 heavy (non-hydrogen) atoms. The number of nitro benzene ring substituents is 1. The van der Waals surface area contributed by atoms with Gasteiger partial charge in [0.25, 0.3) is 5.69 Å². The van der Waals surface area contributed by atoms with E-state index < -0.39 is 5.72 Å². The number of fused-ring (bicyclic) bond motifs is 4. The summed E-state index contributed by atoms with van der Waals surface area (Å²) in [6, 6.07) is 31.9. The molecule has 4 aromatic rings. The van der Waals surface area contributed by atoms with E-state index >= 15 is 0 Å². The highest BCUT2D eigenvalue weighted by Gasteiger charge is 2.61. The van der Waals surface area contributed by atoms with Crippen LogP contribution in [0.15, 0.2) is 97.1 Å². The average Bonchev–Trinajstić information content (AvgIpc) is 3.07. The van der Waals surface area contributed by atoms with Gasteiger partial charge in [0.15, 0.2) is 0 Å². The van der Waals surface area contributed by atoms with Gasteiger partial charge in [-0.1, -0.05) is 54.6 Å². The van der Waals surface area contributed by atoms with Crippen molar-refractivity contribution in [3.8, 4) is 16.9 Å². The van der Waals surface area contributed by atoms with Crippen molar-refractivity contribution in [1.29, 1.82) is 0 Å². The van der Waals surface area contributed by atoms with E-state index in [4.69, 9.17) is 4.74 Å². The van der Waals surface area contributed by atoms with E-state index in [1.807, 2.05) is 18.2 Å². The molecule has 0 aliphatic carbocycles. The molecule has 0 N–H and O–H groups in total. The van der Waals surface area contributed by atoms with Crippen LogP contribution in [0.3, 0.4) is 0 Å². The van der Waals surface area contributed by atoms with Crippen molar-refractivity contribution < 1.29 is 9.66 Å². The molecule has 2 heterocycles. The van der Waals surface area contributed by atoms with E-state index in [1.165, 1.54) is 11.3 Å². The molecule has 0 saturated heterocycles. The lowest BCUT2D eigenvalue weighted by atomic mass is 9.73. The zero-order valence-electron chi connectivity index (χ0n) is 19.1. The standard InChI is InChI=1S/C29H24N2O3/c1-28(2)25-10-6-7-11-26(25)30-19-22-18-21(20-12-15-24(16-13-20)31(32)33)14-17-27(22)34-29(28,30)23-8-4-3-5-9-23/h3-18H,19H2,1-2H3. The molecule has 1 atom stereocenters. The van der Waals surface area contributed by atoms with Gasteiger partial charge in [-0.2, -0.15) is 0 Å². The minimum absolute atomic E-state index is 0.0913. The van der Waals surface area contributed by atoms with E-state index in [2.05, 4.69) is 73.3 Å². The lowest BCUT2D eigenvalue weighted by molar-refractivity contribution is -0.384. The maximum Gasteiger partial charge on any atom is 0.269 e. The second-order valence-electron chi connectivity index (χ2n) is 9.47. The minimum atomic E-state index is -0.667. The van der Waals surface area contributed by atoms with Gasteiger partial charge < -0.3 is 9.64 Å². The average molecular weight is 449 g/mol. The Bertz CT molecular complexity index is 1410. The van der Waals surface area contributed by atoms with E-state index in [0.29, 0.717) is 6.54 Å². The fourth-order valence-corrected chi connectivity index (χ4v) is 5.63. The number of non-ortho nitro benzene ring substituents is 1. The Morgan fingerprint density at radius 1 is 0.853 bits per heavy atom. The zero-order chi connectivity index (χ0) is 23.5. The number of anilines is 1.